The predicted molar refractivity (Wildman–Crippen MR) is 68.4 cm³/mol. The summed E-state index contributed by atoms with van der Waals surface area (Å²) in [5, 5.41) is 3.24. The molecule has 1 aliphatic rings. The summed E-state index contributed by atoms with van der Waals surface area (Å²) in [6.07, 6.45) is -1.77. The fourth-order valence-electron chi connectivity index (χ4n) is 2.42. The average Bonchev–Trinajstić information content (AvgIpc) is 2.32. The molecule has 0 aromatic heterocycles. The van der Waals surface area contributed by atoms with E-state index in [2.05, 4.69) is 21.2 Å². The van der Waals surface area contributed by atoms with E-state index in [0.717, 1.165) is 32.0 Å². The minimum absolute atomic E-state index is 0.290. The van der Waals surface area contributed by atoms with Crippen molar-refractivity contribution in [1.82, 2.24) is 5.32 Å². The number of hydrogen-bond acceptors (Lipinski definition) is 1. The van der Waals surface area contributed by atoms with Crippen LogP contribution in [-0.2, 0) is 12.6 Å². The standard InChI is InChI=1S/C13H15BrF3N/c14-12-5-1-4-11(13(15,16)17)10(12)7-9-3-2-6-18-8-9/h1,4-5,9,18H,2-3,6-8H2. The molecule has 1 nitrogen and oxygen atoms in total. The van der Waals surface area contributed by atoms with Crippen molar-refractivity contribution in [2.24, 2.45) is 5.92 Å². The Morgan fingerprint density at radius 3 is 2.72 bits per heavy atom. The van der Waals surface area contributed by atoms with Crippen molar-refractivity contribution >= 4 is 15.9 Å². The lowest BCUT2D eigenvalue weighted by Crippen LogP contribution is -2.31. The van der Waals surface area contributed by atoms with Gasteiger partial charge < -0.3 is 5.32 Å². The van der Waals surface area contributed by atoms with Crippen LogP contribution in [0.3, 0.4) is 0 Å². The van der Waals surface area contributed by atoms with Crippen LogP contribution in [0.25, 0.3) is 0 Å². The number of hydrogen-bond donors (Lipinski definition) is 1. The zero-order valence-corrected chi connectivity index (χ0v) is 11.4. The Bertz CT molecular complexity index is 411. The van der Waals surface area contributed by atoms with Gasteiger partial charge in [0.05, 0.1) is 5.56 Å². The van der Waals surface area contributed by atoms with Crippen LogP contribution in [-0.4, -0.2) is 13.1 Å². The summed E-state index contributed by atoms with van der Waals surface area (Å²) in [6.45, 7) is 1.78. The summed E-state index contributed by atoms with van der Waals surface area (Å²) in [6, 6.07) is 4.28. The fourth-order valence-corrected chi connectivity index (χ4v) is 2.95. The molecule has 0 amide bonds. The van der Waals surface area contributed by atoms with Crippen LogP contribution in [0.5, 0.6) is 0 Å². The van der Waals surface area contributed by atoms with Crippen molar-refractivity contribution in [2.75, 3.05) is 13.1 Å². The lowest BCUT2D eigenvalue weighted by Gasteiger charge is -2.24. The van der Waals surface area contributed by atoms with Gasteiger partial charge in [-0.05, 0) is 56.0 Å². The van der Waals surface area contributed by atoms with Crippen molar-refractivity contribution in [3.63, 3.8) is 0 Å². The molecule has 1 heterocycles. The molecule has 1 fully saturated rings. The Kier molecular flexibility index (Phi) is 4.33. The molecule has 1 N–H and O–H groups in total. The highest BCUT2D eigenvalue weighted by Crippen LogP contribution is 2.36. The molecule has 1 atom stereocenters. The largest absolute Gasteiger partial charge is 0.416 e. The summed E-state index contributed by atoms with van der Waals surface area (Å²) in [7, 11) is 0. The second kappa shape index (κ2) is 5.61. The van der Waals surface area contributed by atoms with Gasteiger partial charge in [-0.25, -0.2) is 0 Å². The molecule has 1 aromatic rings. The van der Waals surface area contributed by atoms with E-state index in [-0.39, 0.29) is 0 Å². The molecule has 0 aliphatic carbocycles. The van der Waals surface area contributed by atoms with Crippen molar-refractivity contribution in [3.8, 4) is 0 Å². The maximum atomic E-state index is 12.9. The minimum Gasteiger partial charge on any atom is -0.316 e. The van der Waals surface area contributed by atoms with Crippen LogP contribution in [0.1, 0.15) is 24.0 Å². The normalized spacial score (nSPS) is 21.0. The summed E-state index contributed by atoms with van der Waals surface area (Å²) in [5.74, 6) is 0.290. The molecule has 1 saturated heterocycles. The maximum absolute atomic E-state index is 12.9. The first-order valence-electron chi connectivity index (χ1n) is 6.04. The first-order valence-corrected chi connectivity index (χ1v) is 6.83. The highest BCUT2D eigenvalue weighted by molar-refractivity contribution is 9.10. The summed E-state index contributed by atoms with van der Waals surface area (Å²) in [4.78, 5) is 0. The molecule has 18 heavy (non-hydrogen) atoms. The van der Waals surface area contributed by atoms with Gasteiger partial charge in [0.1, 0.15) is 0 Å². The smallest absolute Gasteiger partial charge is 0.316 e. The summed E-state index contributed by atoms with van der Waals surface area (Å²) >= 11 is 3.25. The van der Waals surface area contributed by atoms with Crippen molar-refractivity contribution < 1.29 is 13.2 Å². The van der Waals surface area contributed by atoms with Crippen LogP contribution < -0.4 is 5.32 Å². The molecule has 0 radical (unpaired) electrons. The highest BCUT2D eigenvalue weighted by atomic mass is 79.9. The van der Waals surface area contributed by atoms with E-state index in [9.17, 15) is 13.2 Å². The first kappa shape index (κ1) is 13.9. The molecule has 0 saturated carbocycles. The van der Waals surface area contributed by atoms with Gasteiger partial charge in [0.15, 0.2) is 0 Å². The lowest BCUT2D eigenvalue weighted by atomic mass is 9.90. The monoisotopic (exact) mass is 321 g/mol. The van der Waals surface area contributed by atoms with Gasteiger partial charge in [-0.2, -0.15) is 13.2 Å². The Morgan fingerprint density at radius 1 is 1.33 bits per heavy atom. The van der Waals surface area contributed by atoms with Crippen molar-refractivity contribution in [2.45, 2.75) is 25.4 Å². The van der Waals surface area contributed by atoms with E-state index >= 15 is 0 Å². The molecule has 0 bridgehead atoms. The predicted octanol–water partition coefficient (Wildman–Crippen LogP) is 4.01. The van der Waals surface area contributed by atoms with Crippen molar-refractivity contribution in [3.05, 3.63) is 33.8 Å². The number of piperidine rings is 1. The van der Waals surface area contributed by atoms with Crippen LogP contribution >= 0.6 is 15.9 Å². The van der Waals surface area contributed by atoms with Crippen LogP contribution in [0.15, 0.2) is 22.7 Å². The highest BCUT2D eigenvalue weighted by Gasteiger charge is 2.34. The van der Waals surface area contributed by atoms with Crippen LogP contribution in [0, 0.1) is 5.92 Å². The van der Waals surface area contributed by atoms with Crippen molar-refractivity contribution in [1.29, 1.82) is 0 Å². The lowest BCUT2D eigenvalue weighted by molar-refractivity contribution is -0.138. The van der Waals surface area contributed by atoms with E-state index in [4.69, 9.17) is 0 Å². The van der Waals surface area contributed by atoms with Gasteiger partial charge in [-0.1, -0.05) is 22.0 Å². The van der Waals surface area contributed by atoms with Crippen LogP contribution in [0.4, 0.5) is 13.2 Å². The van der Waals surface area contributed by atoms with Gasteiger partial charge >= 0.3 is 6.18 Å². The second-order valence-corrected chi connectivity index (χ2v) is 5.53. The molecule has 1 aliphatic heterocycles. The second-order valence-electron chi connectivity index (χ2n) is 4.68. The Balaban J connectivity index is 2.25. The van der Waals surface area contributed by atoms with E-state index in [0.29, 0.717) is 22.4 Å². The van der Waals surface area contributed by atoms with Crippen LogP contribution in [0.2, 0.25) is 0 Å². The fraction of sp³-hybridized carbons (Fsp3) is 0.538. The van der Waals surface area contributed by atoms with E-state index in [1.165, 1.54) is 6.07 Å². The molecule has 0 spiro atoms. The number of alkyl halides is 3. The zero-order chi connectivity index (χ0) is 13.2. The maximum Gasteiger partial charge on any atom is 0.416 e. The average molecular weight is 322 g/mol. The first-order chi connectivity index (χ1) is 8.48. The quantitative estimate of drug-likeness (QED) is 0.867. The van der Waals surface area contributed by atoms with E-state index in [1.54, 1.807) is 6.07 Å². The Morgan fingerprint density at radius 2 is 2.11 bits per heavy atom. The molecular weight excluding hydrogens is 307 g/mol. The molecule has 2 rings (SSSR count). The number of halogens is 4. The third kappa shape index (κ3) is 3.26. The molecule has 1 aromatic carbocycles. The molecule has 100 valence electrons. The SMILES string of the molecule is FC(F)(F)c1cccc(Br)c1CC1CCCNC1. The summed E-state index contributed by atoms with van der Waals surface area (Å²) in [5.41, 5.74) is -0.124. The summed E-state index contributed by atoms with van der Waals surface area (Å²) < 4.78 is 39.4. The number of benzene rings is 1. The molecular formula is C13H15BrF3N. The molecule has 5 heteroatoms. The van der Waals surface area contributed by atoms with E-state index in [1.807, 2.05) is 0 Å². The minimum atomic E-state index is -4.28. The van der Waals surface area contributed by atoms with E-state index < -0.39 is 11.7 Å². The van der Waals surface area contributed by atoms with Gasteiger partial charge in [-0.15, -0.1) is 0 Å². The number of nitrogens with one attached hydrogen (secondary N) is 1. The third-order valence-corrected chi connectivity index (χ3v) is 4.06. The number of rotatable bonds is 2. The Hall–Kier alpha value is -0.550. The van der Waals surface area contributed by atoms with Gasteiger partial charge in [0, 0.05) is 4.47 Å². The zero-order valence-electron chi connectivity index (χ0n) is 9.86. The third-order valence-electron chi connectivity index (χ3n) is 3.32. The van der Waals surface area contributed by atoms with Gasteiger partial charge in [0.2, 0.25) is 0 Å². The Labute approximate surface area is 113 Å². The van der Waals surface area contributed by atoms with Gasteiger partial charge in [0.25, 0.3) is 0 Å². The molecule has 1 unspecified atom stereocenters. The topological polar surface area (TPSA) is 12.0 Å². The van der Waals surface area contributed by atoms with Gasteiger partial charge in [-0.3, -0.25) is 0 Å².